The summed E-state index contributed by atoms with van der Waals surface area (Å²) < 4.78 is 22.4. The molecule has 0 radical (unpaired) electrons. The van der Waals surface area contributed by atoms with Gasteiger partial charge in [-0.1, -0.05) is 20.3 Å². The number of guanidine groups is 1. The lowest BCUT2D eigenvalue weighted by molar-refractivity contribution is 0.142. The molecule has 0 aromatic heterocycles. The predicted molar refractivity (Wildman–Crippen MR) is 94.1 cm³/mol. The van der Waals surface area contributed by atoms with Crippen LogP contribution in [0.4, 0.5) is 0 Å². The molecule has 0 aliphatic carbocycles. The van der Waals surface area contributed by atoms with Crippen LogP contribution in [0.3, 0.4) is 0 Å². The second kappa shape index (κ2) is 8.75. The van der Waals surface area contributed by atoms with Crippen molar-refractivity contribution in [2.45, 2.75) is 52.9 Å². The molecule has 1 aliphatic rings. The summed E-state index contributed by atoms with van der Waals surface area (Å²) in [6, 6.07) is 0. The molecule has 1 saturated heterocycles. The summed E-state index contributed by atoms with van der Waals surface area (Å²) in [7, 11) is -2.89. The number of nitrogens with zero attached hydrogens (tertiary/aromatic N) is 2. The van der Waals surface area contributed by atoms with Crippen molar-refractivity contribution in [2.75, 3.05) is 38.2 Å². The maximum absolute atomic E-state index is 11.2. The van der Waals surface area contributed by atoms with Gasteiger partial charge in [0.25, 0.3) is 0 Å². The molecule has 1 heterocycles. The molecule has 0 aromatic rings. The van der Waals surface area contributed by atoms with Gasteiger partial charge < -0.3 is 10.2 Å². The Balaban J connectivity index is 2.64. The third-order valence-corrected chi connectivity index (χ3v) is 5.23. The monoisotopic (exact) mass is 331 g/mol. The molecule has 6 heteroatoms. The Morgan fingerprint density at radius 2 is 2.09 bits per heavy atom. The average Bonchev–Trinajstić information content (AvgIpc) is 2.41. The minimum absolute atomic E-state index is 0.212. The van der Waals surface area contributed by atoms with Gasteiger partial charge in [0.05, 0.1) is 5.75 Å². The van der Waals surface area contributed by atoms with Crippen molar-refractivity contribution in [3.05, 3.63) is 0 Å². The van der Waals surface area contributed by atoms with Crippen molar-refractivity contribution in [2.24, 2.45) is 10.4 Å². The van der Waals surface area contributed by atoms with Crippen molar-refractivity contribution in [3.63, 3.8) is 0 Å². The first-order chi connectivity index (χ1) is 10.3. The largest absolute Gasteiger partial charge is 0.357 e. The second-order valence-electron chi connectivity index (χ2n) is 6.80. The van der Waals surface area contributed by atoms with E-state index in [0.29, 0.717) is 18.4 Å². The van der Waals surface area contributed by atoms with Crippen molar-refractivity contribution in [3.8, 4) is 0 Å². The molecule has 1 unspecified atom stereocenters. The molecule has 1 fully saturated rings. The van der Waals surface area contributed by atoms with Crippen molar-refractivity contribution >= 4 is 15.8 Å². The third-order valence-electron chi connectivity index (χ3n) is 4.20. The number of hydrogen-bond donors (Lipinski definition) is 1. The highest BCUT2D eigenvalue weighted by atomic mass is 32.2. The Bertz CT molecular complexity index is 458. The number of rotatable bonds is 7. The fourth-order valence-corrected chi connectivity index (χ4v) is 3.89. The molecule has 5 nitrogen and oxygen atoms in total. The summed E-state index contributed by atoms with van der Waals surface area (Å²) in [6.45, 7) is 10.2. The summed E-state index contributed by atoms with van der Waals surface area (Å²) in [4.78, 5) is 6.98. The quantitative estimate of drug-likeness (QED) is 0.442. The van der Waals surface area contributed by atoms with E-state index in [9.17, 15) is 8.42 Å². The number of sulfone groups is 1. The Labute approximate surface area is 136 Å². The van der Waals surface area contributed by atoms with Gasteiger partial charge in [0.1, 0.15) is 9.84 Å². The van der Waals surface area contributed by atoms with E-state index in [4.69, 9.17) is 0 Å². The Kier molecular flexibility index (Phi) is 7.66. The Hall–Kier alpha value is -0.780. The van der Waals surface area contributed by atoms with Crippen LogP contribution in [-0.2, 0) is 9.84 Å². The van der Waals surface area contributed by atoms with E-state index in [1.165, 1.54) is 31.9 Å². The minimum atomic E-state index is -2.89. The molecule has 1 atom stereocenters. The van der Waals surface area contributed by atoms with Gasteiger partial charge in [-0.2, -0.15) is 0 Å². The molecule has 1 rings (SSSR count). The van der Waals surface area contributed by atoms with Gasteiger partial charge in [-0.15, -0.1) is 0 Å². The van der Waals surface area contributed by atoms with Crippen molar-refractivity contribution in [1.29, 1.82) is 0 Å². The molecule has 0 aromatic carbocycles. The van der Waals surface area contributed by atoms with E-state index in [0.717, 1.165) is 25.6 Å². The number of likely N-dealkylation sites (tertiary alicyclic amines) is 1. The van der Waals surface area contributed by atoms with E-state index in [1.807, 2.05) is 0 Å². The van der Waals surface area contributed by atoms with Gasteiger partial charge in [0.2, 0.25) is 0 Å². The fourth-order valence-electron chi connectivity index (χ4n) is 3.24. The van der Waals surface area contributed by atoms with Crippen LogP contribution in [0.1, 0.15) is 52.9 Å². The van der Waals surface area contributed by atoms with Crippen LogP contribution in [0.5, 0.6) is 0 Å². The van der Waals surface area contributed by atoms with Gasteiger partial charge in [0, 0.05) is 32.4 Å². The van der Waals surface area contributed by atoms with Crippen LogP contribution in [-0.4, -0.2) is 57.5 Å². The second-order valence-corrected chi connectivity index (χ2v) is 9.06. The first-order valence-electron chi connectivity index (χ1n) is 8.50. The van der Waals surface area contributed by atoms with Crippen LogP contribution in [0, 0.1) is 5.41 Å². The van der Waals surface area contributed by atoms with Gasteiger partial charge >= 0.3 is 0 Å². The number of piperidine rings is 1. The molecular weight excluding hydrogens is 298 g/mol. The average molecular weight is 332 g/mol. The summed E-state index contributed by atoms with van der Waals surface area (Å²) >= 11 is 0. The number of hydrogen-bond acceptors (Lipinski definition) is 3. The highest BCUT2D eigenvalue weighted by molar-refractivity contribution is 7.90. The van der Waals surface area contributed by atoms with Crippen molar-refractivity contribution in [1.82, 2.24) is 10.2 Å². The Morgan fingerprint density at radius 1 is 1.36 bits per heavy atom. The summed E-state index contributed by atoms with van der Waals surface area (Å²) in [6.07, 6.45) is 6.81. The highest BCUT2D eigenvalue weighted by Gasteiger charge is 2.31. The molecule has 0 bridgehead atoms. The minimum Gasteiger partial charge on any atom is -0.357 e. The number of aliphatic imine (C=N–C) groups is 1. The molecule has 0 saturated carbocycles. The zero-order chi connectivity index (χ0) is 16.6. The van der Waals surface area contributed by atoms with Gasteiger partial charge in [-0.25, -0.2) is 8.42 Å². The SMILES string of the molecule is CCCC1(C)CCCN(C(=NCCCS(C)(=O)=O)NCC)C1. The normalized spacial score (nSPS) is 23.6. The molecular formula is C16H33N3O2S. The smallest absolute Gasteiger partial charge is 0.193 e. The van der Waals surface area contributed by atoms with E-state index in [2.05, 4.69) is 36.0 Å². The topological polar surface area (TPSA) is 61.8 Å². The van der Waals surface area contributed by atoms with Crippen LogP contribution in [0.25, 0.3) is 0 Å². The fraction of sp³-hybridized carbons (Fsp3) is 0.938. The van der Waals surface area contributed by atoms with E-state index >= 15 is 0 Å². The molecule has 1 N–H and O–H groups in total. The zero-order valence-corrected chi connectivity index (χ0v) is 15.5. The van der Waals surface area contributed by atoms with Gasteiger partial charge in [-0.05, 0) is 38.0 Å². The van der Waals surface area contributed by atoms with E-state index < -0.39 is 9.84 Å². The lowest BCUT2D eigenvalue weighted by Crippen LogP contribution is -2.49. The first-order valence-corrected chi connectivity index (χ1v) is 10.6. The summed E-state index contributed by atoms with van der Waals surface area (Å²) in [5.74, 6) is 1.15. The maximum Gasteiger partial charge on any atom is 0.193 e. The molecule has 1 aliphatic heterocycles. The van der Waals surface area contributed by atoms with Crippen LogP contribution in [0.2, 0.25) is 0 Å². The first kappa shape index (κ1) is 19.3. The lowest BCUT2D eigenvalue weighted by Gasteiger charge is -2.42. The third kappa shape index (κ3) is 6.99. The highest BCUT2D eigenvalue weighted by Crippen LogP contribution is 2.33. The lowest BCUT2D eigenvalue weighted by atomic mass is 9.78. The van der Waals surface area contributed by atoms with Gasteiger partial charge in [0.15, 0.2) is 5.96 Å². The van der Waals surface area contributed by atoms with E-state index in [-0.39, 0.29) is 5.75 Å². The van der Waals surface area contributed by atoms with E-state index in [1.54, 1.807) is 0 Å². The summed E-state index contributed by atoms with van der Waals surface area (Å²) in [5, 5.41) is 3.36. The van der Waals surface area contributed by atoms with Crippen LogP contribution >= 0.6 is 0 Å². The molecule has 0 spiro atoms. The number of nitrogens with one attached hydrogen (secondary N) is 1. The standard InChI is InChI=1S/C16H33N3O2S/c1-5-9-16(3)10-7-12-19(14-16)15(17-6-2)18-11-8-13-22(4,20)21/h5-14H2,1-4H3,(H,17,18). The predicted octanol–water partition coefficient (Wildman–Crippen LogP) is 2.29. The molecule has 130 valence electrons. The molecule has 22 heavy (non-hydrogen) atoms. The zero-order valence-electron chi connectivity index (χ0n) is 14.7. The maximum atomic E-state index is 11.2. The van der Waals surface area contributed by atoms with Gasteiger partial charge in [-0.3, -0.25) is 4.99 Å². The Morgan fingerprint density at radius 3 is 2.68 bits per heavy atom. The van der Waals surface area contributed by atoms with Crippen LogP contribution in [0.15, 0.2) is 4.99 Å². The van der Waals surface area contributed by atoms with Crippen molar-refractivity contribution < 1.29 is 8.42 Å². The van der Waals surface area contributed by atoms with Crippen LogP contribution < -0.4 is 5.32 Å². The molecule has 0 amide bonds. The summed E-state index contributed by atoms with van der Waals surface area (Å²) in [5.41, 5.74) is 0.371.